The Labute approximate surface area is 135 Å². The summed E-state index contributed by atoms with van der Waals surface area (Å²) in [4.78, 5) is 37.0. The third-order valence-electron chi connectivity index (χ3n) is 3.96. The van der Waals surface area contributed by atoms with Crippen LogP contribution in [0.1, 0.15) is 31.2 Å². The lowest BCUT2D eigenvalue weighted by atomic mass is 9.97. The Morgan fingerprint density at radius 1 is 1.30 bits per heavy atom. The Morgan fingerprint density at radius 3 is 2.65 bits per heavy atom. The molecule has 2 rings (SSSR count). The van der Waals surface area contributed by atoms with Crippen LogP contribution in [0, 0.1) is 19.8 Å². The minimum atomic E-state index is -0.344. The number of rotatable bonds is 3. The van der Waals surface area contributed by atoms with Crippen LogP contribution < -0.4 is 10.9 Å². The van der Waals surface area contributed by atoms with Gasteiger partial charge in [-0.1, -0.05) is 0 Å². The number of aromatic nitrogens is 2. The molecule has 1 saturated heterocycles. The molecule has 1 atom stereocenters. The molecule has 0 saturated carbocycles. The molecule has 0 spiro atoms. The van der Waals surface area contributed by atoms with Crippen molar-refractivity contribution >= 4 is 17.7 Å². The molecular weight excluding hydrogens is 298 g/mol. The van der Waals surface area contributed by atoms with Crippen molar-refractivity contribution in [3.05, 3.63) is 17.5 Å². The van der Waals surface area contributed by atoms with Gasteiger partial charge < -0.3 is 4.90 Å². The molecule has 0 aromatic carbocycles. The van der Waals surface area contributed by atoms with Crippen molar-refractivity contribution in [3.63, 3.8) is 0 Å². The minimum absolute atomic E-state index is 0.0314. The van der Waals surface area contributed by atoms with Crippen molar-refractivity contribution in [2.45, 2.75) is 40.2 Å². The number of nitrogens with zero attached hydrogens (tertiary/aromatic N) is 3. The molecular formula is C15H23N5O3. The number of carbonyl (C=O) groups excluding carboxylic acids is 3. The van der Waals surface area contributed by atoms with Crippen LogP contribution in [-0.2, 0) is 20.9 Å². The quantitative estimate of drug-likeness (QED) is 0.760. The van der Waals surface area contributed by atoms with Crippen LogP contribution in [0.3, 0.4) is 0 Å². The van der Waals surface area contributed by atoms with Gasteiger partial charge in [-0.25, -0.2) is 0 Å². The number of piperidine rings is 1. The highest BCUT2D eigenvalue weighted by atomic mass is 16.2. The van der Waals surface area contributed by atoms with Crippen LogP contribution in [0.2, 0.25) is 0 Å². The SMILES string of the molecule is CC(=O)N1CCC[C@@H](C(=O)NNC(=O)Cn2nc(C)cc2C)C1. The Balaban J connectivity index is 1.80. The molecule has 1 aliphatic heterocycles. The monoisotopic (exact) mass is 321 g/mol. The van der Waals surface area contributed by atoms with E-state index in [0.717, 1.165) is 17.8 Å². The van der Waals surface area contributed by atoms with E-state index >= 15 is 0 Å². The number of carbonyl (C=O) groups is 3. The fourth-order valence-electron chi connectivity index (χ4n) is 2.72. The van der Waals surface area contributed by atoms with E-state index in [1.807, 2.05) is 19.9 Å². The number of amides is 3. The van der Waals surface area contributed by atoms with Gasteiger partial charge in [0.2, 0.25) is 11.8 Å². The summed E-state index contributed by atoms with van der Waals surface area (Å²) in [5.74, 6) is -0.931. The Kier molecular flexibility index (Phi) is 5.36. The average molecular weight is 321 g/mol. The molecule has 8 heteroatoms. The third-order valence-corrected chi connectivity index (χ3v) is 3.96. The van der Waals surface area contributed by atoms with E-state index < -0.39 is 0 Å². The van der Waals surface area contributed by atoms with E-state index in [-0.39, 0.29) is 30.2 Å². The molecule has 2 N–H and O–H groups in total. The largest absolute Gasteiger partial charge is 0.342 e. The molecule has 8 nitrogen and oxygen atoms in total. The van der Waals surface area contributed by atoms with Crippen LogP contribution >= 0.6 is 0 Å². The smallest absolute Gasteiger partial charge is 0.260 e. The molecule has 0 aliphatic carbocycles. The van der Waals surface area contributed by atoms with Crippen LogP contribution in [0.15, 0.2) is 6.07 Å². The Bertz CT molecular complexity index is 610. The van der Waals surface area contributed by atoms with Crippen molar-refractivity contribution in [1.29, 1.82) is 0 Å². The van der Waals surface area contributed by atoms with Gasteiger partial charge in [0.1, 0.15) is 6.54 Å². The highest BCUT2D eigenvalue weighted by Crippen LogP contribution is 2.16. The van der Waals surface area contributed by atoms with E-state index in [9.17, 15) is 14.4 Å². The molecule has 126 valence electrons. The zero-order valence-corrected chi connectivity index (χ0v) is 13.8. The van der Waals surface area contributed by atoms with E-state index in [1.165, 1.54) is 6.92 Å². The van der Waals surface area contributed by atoms with Crippen LogP contribution in [0.4, 0.5) is 0 Å². The maximum atomic E-state index is 12.1. The summed E-state index contributed by atoms with van der Waals surface area (Å²) in [7, 11) is 0. The standard InChI is InChI=1S/C15H23N5O3/c1-10-7-11(2)20(18-10)9-14(22)16-17-15(23)13-5-4-6-19(8-13)12(3)21/h7,13H,4-6,8-9H2,1-3H3,(H,16,22)(H,17,23)/t13-/m1/s1. The van der Waals surface area contributed by atoms with Crippen LogP contribution in [0.25, 0.3) is 0 Å². The van der Waals surface area contributed by atoms with Gasteiger partial charge in [-0.15, -0.1) is 0 Å². The van der Waals surface area contributed by atoms with E-state index in [1.54, 1.807) is 9.58 Å². The molecule has 1 aliphatic rings. The first-order valence-corrected chi connectivity index (χ1v) is 7.72. The number of hydrogen-bond donors (Lipinski definition) is 2. The predicted molar refractivity (Wildman–Crippen MR) is 83.0 cm³/mol. The van der Waals surface area contributed by atoms with Crippen LogP contribution in [0.5, 0.6) is 0 Å². The summed E-state index contributed by atoms with van der Waals surface area (Å²) in [6.07, 6.45) is 1.50. The zero-order valence-electron chi connectivity index (χ0n) is 13.8. The second-order valence-electron chi connectivity index (χ2n) is 5.93. The van der Waals surface area contributed by atoms with Gasteiger partial charge >= 0.3 is 0 Å². The maximum Gasteiger partial charge on any atom is 0.260 e. The summed E-state index contributed by atoms with van der Waals surface area (Å²) in [5.41, 5.74) is 6.57. The summed E-state index contributed by atoms with van der Waals surface area (Å²) in [6.45, 7) is 6.34. The first-order valence-electron chi connectivity index (χ1n) is 7.72. The second-order valence-corrected chi connectivity index (χ2v) is 5.93. The average Bonchev–Trinajstić information content (AvgIpc) is 2.82. The van der Waals surface area contributed by atoms with Gasteiger partial charge in [-0.2, -0.15) is 5.10 Å². The lowest BCUT2D eigenvalue weighted by Crippen LogP contribution is -2.50. The van der Waals surface area contributed by atoms with Crippen molar-refractivity contribution in [1.82, 2.24) is 25.5 Å². The molecule has 1 aromatic rings. The summed E-state index contributed by atoms with van der Waals surface area (Å²) in [5, 5.41) is 4.20. The summed E-state index contributed by atoms with van der Waals surface area (Å²) in [6, 6.07) is 1.88. The summed E-state index contributed by atoms with van der Waals surface area (Å²) < 4.78 is 1.58. The fourth-order valence-corrected chi connectivity index (χ4v) is 2.72. The van der Waals surface area contributed by atoms with Gasteiger partial charge in [-0.3, -0.25) is 29.9 Å². The number of likely N-dealkylation sites (tertiary alicyclic amines) is 1. The highest BCUT2D eigenvalue weighted by Gasteiger charge is 2.27. The van der Waals surface area contributed by atoms with E-state index in [2.05, 4.69) is 16.0 Å². The van der Waals surface area contributed by atoms with Crippen molar-refractivity contribution in [2.24, 2.45) is 5.92 Å². The molecule has 0 radical (unpaired) electrons. The third kappa shape index (κ3) is 4.54. The van der Waals surface area contributed by atoms with Gasteiger partial charge in [0.15, 0.2) is 0 Å². The summed E-state index contributed by atoms with van der Waals surface area (Å²) >= 11 is 0. The molecule has 23 heavy (non-hydrogen) atoms. The van der Waals surface area contributed by atoms with E-state index in [0.29, 0.717) is 19.5 Å². The van der Waals surface area contributed by atoms with Crippen molar-refractivity contribution in [2.75, 3.05) is 13.1 Å². The molecule has 2 heterocycles. The number of nitrogens with one attached hydrogen (secondary N) is 2. The number of aryl methyl sites for hydroxylation is 2. The maximum absolute atomic E-state index is 12.1. The van der Waals surface area contributed by atoms with E-state index in [4.69, 9.17) is 0 Å². The Morgan fingerprint density at radius 2 is 2.04 bits per heavy atom. The van der Waals surface area contributed by atoms with Crippen molar-refractivity contribution in [3.8, 4) is 0 Å². The second kappa shape index (κ2) is 7.26. The molecule has 1 aromatic heterocycles. The lowest BCUT2D eigenvalue weighted by molar-refractivity contribution is -0.136. The van der Waals surface area contributed by atoms with Gasteiger partial charge in [0.25, 0.3) is 5.91 Å². The van der Waals surface area contributed by atoms with Gasteiger partial charge in [0, 0.05) is 25.7 Å². The van der Waals surface area contributed by atoms with Gasteiger partial charge in [0.05, 0.1) is 11.6 Å². The normalized spacial score (nSPS) is 17.7. The zero-order chi connectivity index (χ0) is 17.0. The minimum Gasteiger partial charge on any atom is -0.342 e. The predicted octanol–water partition coefficient (Wildman–Crippen LogP) is -0.0942. The van der Waals surface area contributed by atoms with Gasteiger partial charge in [-0.05, 0) is 32.8 Å². The fraction of sp³-hybridized carbons (Fsp3) is 0.600. The highest BCUT2D eigenvalue weighted by molar-refractivity contribution is 5.84. The Hall–Kier alpha value is -2.38. The van der Waals surface area contributed by atoms with Crippen LogP contribution in [-0.4, -0.2) is 45.5 Å². The number of hydrogen-bond acceptors (Lipinski definition) is 4. The molecule has 3 amide bonds. The number of hydrazine groups is 1. The molecule has 0 unspecified atom stereocenters. The first-order chi connectivity index (χ1) is 10.9. The van der Waals surface area contributed by atoms with Crippen molar-refractivity contribution < 1.29 is 14.4 Å². The molecule has 1 fully saturated rings. The molecule has 0 bridgehead atoms. The topological polar surface area (TPSA) is 96.3 Å². The first kappa shape index (κ1) is 17.0. The lowest BCUT2D eigenvalue weighted by Gasteiger charge is -2.31.